The lowest BCUT2D eigenvalue weighted by Gasteiger charge is -2.07. The quantitative estimate of drug-likeness (QED) is 0.633. The zero-order valence-electron chi connectivity index (χ0n) is 9.93. The van der Waals surface area contributed by atoms with E-state index in [0.29, 0.717) is 16.9 Å². The van der Waals surface area contributed by atoms with Crippen molar-refractivity contribution in [1.29, 1.82) is 0 Å². The van der Waals surface area contributed by atoms with E-state index in [9.17, 15) is 8.78 Å². The molecule has 17 heavy (non-hydrogen) atoms. The van der Waals surface area contributed by atoms with Crippen molar-refractivity contribution in [3.05, 3.63) is 21.7 Å². The summed E-state index contributed by atoms with van der Waals surface area (Å²) in [5.41, 5.74) is 2.01. The van der Waals surface area contributed by atoms with Gasteiger partial charge in [0.15, 0.2) is 0 Å². The van der Waals surface area contributed by atoms with Gasteiger partial charge in [-0.2, -0.15) is 0 Å². The minimum Gasteiger partial charge on any atom is -0.375 e. The first kappa shape index (κ1) is 14.2. The van der Waals surface area contributed by atoms with Gasteiger partial charge in [-0.05, 0) is 13.3 Å². The lowest BCUT2D eigenvalue weighted by Crippen LogP contribution is -2.10. The average molecular weight is 262 g/mol. The number of aromatic nitrogens is 2. The summed E-state index contributed by atoms with van der Waals surface area (Å²) in [5.74, 6) is 0.680. The predicted molar refractivity (Wildman–Crippen MR) is 64.1 cm³/mol. The summed E-state index contributed by atoms with van der Waals surface area (Å²) >= 11 is 5.15. The van der Waals surface area contributed by atoms with Gasteiger partial charge in [0.05, 0.1) is 6.61 Å². The highest BCUT2D eigenvalue weighted by Gasteiger charge is 2.05. The van der Waals surface area contributed by atoms with Crippen LogP contribution in [0.2, 0.25) is 0 Å². The number of H-pyrrole nitrogens is 1. The molecule has 0 bridgehead atoms. The summed E-state index contributed by atoms with van der Waals surface area (Å²) in [6.45, 7) is 3.62. The number of nitrogens with one attached hydrogen (secondary N) is 1. The molecule has 1 N–H and O–H groups in total. The Morgan fingerprint density at radius 3 is 2.71 bits per heavy atom. The number of ether oxygens (including phenoxy) is 1. The van der Waals surface area contributed by atoms with Crippen LogP contribution in [0.15, 0.2) is 0 Å². The Balaban J connectivity index is 2.58. The zero-order chi connectivity index (χ0) is 12.8. The highest BCUT2D eigenvalue weighted by molar-refractivity contribution is 7.71. The summed E-state index contributed by atoms with van der Waals surface area (Å²) in [4.78, 5) is 7.32. The van der Waals surface area contributed by atoms with Crippen LogP contribution in [0.3, 0.4) is 0 Å². The number of aromatic amines is 1. The number of alkyl halides is 2. The summed E-state index contributed by atoms with van der Waals surface area (Å²) in [6.07, 6.45) is -1.14. The van der Waals surface area contributed by atoms with Gasteiger partial charge in [0.2, 0.25) is 0 Å². The number of nitrogens with zero attached hydrogens (tertiary/aromatic N) is 1. The second kappa shape index (κ2) is 6.76. The third-order valence-corrected chi connectivity index (χ3v) is 2.70. The van der Waals surface area contributed by atoms with Crippen molar-refractivity contribution in [2.45, 2.75) is 33.1 Å². The molecule has 0 spiro atoms. The third kappa shape index (κ3) is 4.47. The number of hydrogen-bond acceptors (Lipinski definition) is 3. The molecular weight excluding hydrogens is 246 g/mol. The first-order valence-electron chi connectivity index (χ1n) is 5.49. The van der Waals surface area contributed by atoms with E-state index in [-0.39, 0.29) is 6.61 Å². The second-order valence-electron chi connectivity index (χ2n) is 3.66. The van der Waals surface area contributed by atoms with E-state index < -0.39 is 13.0 Å². The van der Waals surface area contributed by atoms with E-state index in [0.717, 1.165) is 17.7 Å². The van der Waals surface area contributed by atoms with Crippen LogP contribution in [0, 0.1) is 11.6 Å². The second-order valence-corrected chi connectivity index (χ2v) is 4.05. The zero-order valence-corrected chi connectivity index (χ0v) is 10.7. The molecule has 0 fully saturated rings. The fourth-order valence-electron chi connectivity index (χ4n) is 1.55. The molecule has 3 nitrogen and oxygen atoms in total. The van der Waals surface area contributed by atoms with Crippen LogP contribution in [0.1, 0.15) is 24.0 Å². The van der Waals surface area contributed by atoms with Gasteiger partial charge in [-0.3, -0.25) is 0 Å². The maximum absolute atomic E-state index is 11.8. The minimum absolute atomic E-state index is 0.216. The molecule has 1 aromatic heterocycles. The van der Waals surface area contributed by atoms with Crippen molar-refractivity contribution in [2.75, 3.05) is 13.2 Å². The number of halogens is 2. The monoisotopic (exact) mass is 262 g/mol. The van der Waals surface area contributed by atoms with E-state index in [2.05, 4.69) is 9.97 Å². The van der Waals surface area contributed by atoms with Gasteiger partial charge >= 0.3 is 0 Å². The molecule has 6 heteroatoms. The topological polar surface area (TPSA) is 37.9 Å². The van der Waals surface area contributed by atoms with Gasteiger partial charge in [0.1, 0.15) is 17.1 Å². The van der Waals surface area contributed by atoms with Crippen LogP contribution in [-0.2, 0) is 17.6 Å². The van der Waals surface area contributed by atoms with Crippen molar-refractivity contribution in [2.24, 2.45) is 0 Å². The highest BCUT2D eigenvalue weighted by Crippen LogP contribution is 2.08. The smallest absolute Gasteiger partial charge is 0.261 e. The van der Waals surface area contributed by atoms with Gasteiger partial charge in [-0.15, -0.1) is 0 Å². The molecule has 0 amide bonds. The van der Waals surface area contributed by atoms with Gasteiger partial charge < -0.3 is 9.72 Å². The normalized spacial score (nSPS) is 11.1. The van der Waals surface area contributed by atoms with E-state index >= 15 is 0 Å². The van der Waals surface area contributed by atoms with Crippen molar-refractivity contribution in [3.8, 4) is 0 Å². The lowest BCUT2D eigenvalue weighted by molar-refractivity contribution is 0.0182. The summed E-state index contributed by atoms with van der Waals surface area (Å²) in [5, 5.41) is 0. The molecule has 0 aliphatic heterocycles. The molecule has 0 saturated heterocycles. The highest BCUT2D eigenvalue weighted by atomic mass is 32.1. The van der Waals surface area contributed by atoms with Crippen LogP contribution in [0.5, 0.6) is 0 Å². The number of rotatable bonds is 6. The molecule has 0 aromatic carbocycles. The Hall–Kier alpha value is -0.880. The van der Waals surface area contributed by atoms with Gasteiger partial charge in [0.25, 0.3) is 6.43 Å². The Morgan fingerprint density at radius 2 is 2.18 bits per heavy atom. The Kier molecular flexibility index (Phi) is 5.64. The molecule has 0 radical (unpaired) electrons. The fourth-order valence-corrected chi connectivity index (χ4v) is 1.95. The molecule has 1 aromatic rings. The van der Waals surface area contributed by atoms with E-state index in [1.165, 1.54) is 0 Å². The van der Waals surface area contributed by atoms with Crippen LogP contribution >= 0.6 is 12.2 Å². The molecule has 0 saturated carbocycles. The average Bonchev–Trinajstić information content (AvgIpc) is 2.24. The SMILES string of the molecule is CCc1c(C)[nH]c(CCOCC(F)F)nc1=S. The van der Waals surface area contributed by atoms with Gasteiger partial charge in [-0.25, -0.2) is 13.8 Å². The number of hydrogen-bond donors (Lipinski definition) is 1. The predicted octanol–water partition coefficient (Wildman–Crippen LogP) is 2.83. The van der Waals surface area contributed by atoms with Crippen molar-refractivity contribution in [1.82, 2.24) is 9.97 Å². The fraction of sp³-hybridized carbons (Fsp3) is 0.636. The van der Waals surface area contributed by atoms with E-state index in [4.69, 9.17) is 17.0 Å². The summed E-state index contributed by atoms with van der Waals surface area (Å²) < 4.78 is 29.0. The van der Waals surface area contributed by atoms with E-state index in [1.807, 2.05) is 13.8 Å². The molecule has 0 aliphatic rings. The maximum Gasteiger partial charge on any atom is 0.261 e. The van der Waals surface area contributed by atoms with Crippen LogP contribution in [-0.4, -0.2) is 29.6 Å². The molecule has 0 unspecified atom stereocenters. The lowest BCUT2D eigenvalue weighted by atomic mass is 10.2. The molecule has 0 atom stereocenters. The Labute approximate surface area is 104 Å². The largest absolute Gasteiger partial charge is 0.375 e. The first-order valence-corrected chi connectivity index (χ1v) is 5.90. The van der Waals surface area contributed by atoms with Crippen LogP contribution in [0.4, 0.5) is 8.78 Å². The molecule has 0 aliphatic carbocycles. The Morgan fingerprint density at radius 1 is 1.47 bits per heavy atom. The summed E-state index contributed by atoms with van der Waals surface area (Å²) in [6, 6.07) is 0. The first-order chi connectivity index (χ1) is 8.04. The van der Waals surface area contributed by atoms with Crippen LogP contribution < -0.4 is 0 Å². The third-order valence-electron chi connectivity index (χ3n) is 2.36. The van der Waals surface area contributed by atoms with Crippen molar-refractivity contribution < 1.29 is 13.5 Å². The number of aryl methyl sites for hydroxylation is 1. The van der Waals surface area contributed by atoms with E-state index in [1.54, 1.807) is 0 Å². The molecule has 1 rings (SSSR count). The molecule has 96 valence electrons. The minimum atomic E-state index is -2.43. The molecule has 1 heterocycles. The standard InChI is InChI=1S/C11H16F2N2OS/c1-3-8-7(2)14-10(15-11(8)17)4-5-16-6-9(12)13/h9H,3-6H2,1-2H3,(H,14,15,17). The van der Waals surface area contributed by atoms with Crippen molar-refractivity contribution in [3.63, 3.8) is 0 Å². The van der Waals surface area contributed by atoms with Crippen molar-refractivity contribution >= 4 is 12.2 Å². The Bertz CT molecular complexity index is 420. The van der Waals surface area contributed by atoms with Gasteiger partial charge in [-0.1, -0.05) is 19.1 Å². The summed E-state index contributed by atoms with van der Waals surface area (Å²) in [7, 11) is 0. The molecular formula is C11H16F2N2OS. The van der Waals surface area contributed by atoms with Crippen LogP contribution in [0.25, 0.3) is 0 Å². The maximum atomic E-state index is 11.8. The van der Waals surface area contributed by atoms with Gasteiger partial charge in [0, 0.05) is 17.7 Å².